The summed E-state index contributed by atoms with van der Waals surface area (Å²) in [6, 6.07) is 10.9. The summed E-state index contributed by atoms with van der Waals surface area (Å²) in [5.74, 6) is -0.150. The summed E-state index contributed by atoms with van der Waals surface area (Å²) in [6.07, 6.45) is 0. The van der Waals surface area contributed by atoms with Gasteiger partial charge in [0, 0.05) is 10.4 Å². The van der Waals surface area contributed by atoms with Gasteiger partial charge in [-0.15, -0.1) is 11.3 Å². The Bertz CT molecular complexity index is 607. The molecule has 0 saturated heterocycles. The highest BCUT2D eigenvalue weighted by atomic mass is 127. The van der Waals surface area contributed by atoms with E-state index in [0.717, 1.165) is 4.88 Å². The standard InChI is InChI=1S/C14H12INO2S/c1-9-7-11(16-12(17)8-15)14(19-9)13(18)10-5-3-2-4-6-10/h2-7H,8H2,1H3,(H,16,17). The summed E-state index contributed by atoms with van der Waals surface area (Å²) in [5, 5.41) is 2.77. The van der Waals surface area contributed by atoms with Gasteiger partial charge in [0.25, 0.3) is 0 Å². The molecule has 1 aromatic heterocycles. The maximum absolute atomic E-state index is 12.4. The molecule has 0 fully saturated rings. The van der Waals surface area contributed by atoms with Crippen molar-refractivity contribution >= 4 is 51.3 Å². The van der Waals surface area contributed by atoms with Crippen molar-refractivity contribution in [2.24, 2.45) is 0 Å². The molecular formula is C14H12INO2S. The fourth-order valence-corrected chi connectivity index (χ4v) is 2.80. The Hall–Kier alpha value is -1.21. The molecule has 1 amide bonds. The molecule has 0 aliphatic rings. The molecule has 0 radical (unpaired) electrons. The lowest BCUT2D eigenvalue weighted by atomic mass is 10.1. The van der Waals surface area contributed by atoms with E-state index in [-0.39, 0.29) is 11.7 Å². The van der Waals surface area contributed by atoms with Crippen LogP contribution in [0.15, 0.2) is 36.4 Å². The second kappa shape index (κ2) is 6.29. The first kappa shape index (κ1) is 14.2. The molecule has 0 saturated carbocycles. The Kier molecular flexibility index (Phi) is 4.71. The first-order chi connectivity index (χ1) is 9.11. The van der Waals surface area contributed by atoms with Crippen LogP contribution in [0, 0.1) is 6.92 Å². The molecule has 0 atom stereocenters. The molecule has 98 valence electrons. The number of carbonyl (C=O) groups excluding carboxylic acids is 2. The van der Waals surface area contributed by atoms with Gasteiger partial charge >= 0.3 is 0 Å². The van der Waals surface area contributed by atoms with Crippen LogP contribution in [0.25, 0.3) is 0 Å². The fraction of sp³-hybridized carbons (Fsp3) is 0.143. The molecule has 0 unspecified atom stereocenters. The normalized spacial score (nSPS) is 10.2. The summed E-state index contributed by atoms with van der Waals surface area (Å²) in [7, 11) is 0. The van der Waals surface area contributed by atoms with Gasteiger partial charge in [-0.2, -0.15) is 0 Å². The summed E-state index contributed by atoms with van der Waals surface area (Å²) in [4.78, 5) is 25.5. The highest BCUT2D eigenvalue weighted by Crippen LogP contribution is 2.29. The second-order valence-electron chi connectivity index (χ2n) is 3.98. The number of anilines is 1. The van der Waals surface area contributed by atoms with E-state index in [1.54, 1.807) is 12.1 Å². The summed E-state index contributed by atoms with van der Waals surface area (Å²) in [5.41, 5.74) is 1.24. The average molecular weight is 385 g/mol. The van der Waals surface area contributed by atoms with Crippen LogP contribution in [0.1, 0.15) is 20.1 Å². The lowest BCUT2D eigenvalue weighted by Crippen LogP contribution is -2.14. The monoisotopic (exact) mass is 385 g/mol. The lowest BCUT2D eigenvalue weighted by Gasteiger charge is -2.04. The third-order valence-corrected chi connectivity index (χ3v) is 4.24. The molecule has 0 aliphatic heterocycles. The minimum absolute atomic E-state index is 0.0533. The maximum Gasteiger partial charge on any atom is 0.234 e. The molecule has 1 aromatic carbocycles. The Balaban J connectivity index is 2.34. The highest BCUT2D eigenvalue weighted by molar-refractivity contribution is 14.1. The van der Waals surface area contributed by atoms with Gasteiger partial charge in [0.1, 0.15) is 0 Å². The highest BCUT2D eigenvalue weighted by Gasteiger charge is 2.17. The van der Waals surface area contributed by atoms with Gasteiger partial charge in [-0.3, -0.25) is 9.59 Å². The van der Waals surface area contributed by atoms with Crippen molar-refractivity contribution in [3.8, 4) is 0 Å². The second-order valence-corrected chi connectivity index (χ2v) is 6.00. The van der Waals surface area contributed by atoms with Crippen molar-refractivity contribution in [2.45, 2.75) is 6.92 Å². The van der Waals surface area contributed by atoms with E-state index in [2.05, 4.69) is 5.32 Å². The average Bonchev–Trinajstić information content (AvgIpc) is 2.79. The molecule has 19 heavy (non-hydrogen) atoms. The zero-order chi connectivity index (χ0) is 13.8. The Morgan fingerprint density at radius 3 is 2.58 bits per heavy atom. The molecule has 3 nitrogen and oxygen atoms in total. The first-order valence-corrected chi connectivity index (χ1v) is 8.02. The number of hydrogen-bond acceptors (Lipinski definition) is 3. The third-order valence-electron chi connectivity index (χ3n) is 2.49. The number of aryl methyl sites for hydroxylation is 1. The fourth-order valence-electron chi connectivity index (χ4n) is 1.68. The van der Waals surface area contributed by atoms with E-state index in [9.17, 15) is 9.59 Å². The van der Waals surface area contributed by atoms with Crippen LogP contribution in [0.2, 0.25) is 0 Å². The minimum atomic E-state index is -0.0967. The minimum Gasteiger partial charge on any atom is -0.324 e. The van der Waals surface area contributed by atoms with Gasteiger partial charge in [-0.05, 0) is 13.0 Å². The molecular weight excluding hydrogens is 373 g/mol. The van der Waals surface area contributed by atoms with Gasteiger partial charge in [-0.25, -0.2) is 0 Å². The summed E-state index contributed by atoms with van der Waals surface area (Å²) in [6.45, 7) is 1.92. The summed E-state index contributed by atoms with van der Waals surface area (Å²) >= 11 is 3.40. The van der Waals surface area contributed by atoms with E-state index < -0.39 is 0 Å². The largest absolute Gasteiger partial charge is 0.324 e. The van der Waals surface area contributed by atoms with E-state index in [1.165, 1.54) is 11.3 Å². The van der Waals surface area contributed by atoms with E-state index in [4.69, 9.17) is 0 Å². The number of hydrogen-bond donors (Lipinski definition) is 1. The Labute approximate surface area is 129 Å². The van der Waals surface area contributed by atoms with Gasteiger partial charge in [0.2, 0.25) is 11.7 Å². The van der Waals surface area contributed by atoms with Crippen molar-refractivity contribution in [3.05, 3.63) is 51.7 Å². The van der Waals surface area contributed by atoms with Crippen molar-refractivity contribution in [1.29, 1.82) is 0 Å². The van der Waals surface area contributed by atoms with Crippen molar-refractivity contribution < 1.29 is 9.59 Å². The smallest absolute Gasteiger partial charge is 0.234 e. The van der Waals surface area contributed by atoms with Crippen molar-refractivity contribution in [1.82, 2.24) is 0 Å². The number of amides is 1. The van der Waals surface area contributed by atoms with Crippen molar-refractivity contribution in [3.63, 3.8) is 0 Å². The van der Waals surface area contributed by atoms with E-state index >= 15 is 0 Å². The van der Waals surface area contributed by atoms with Crippen LogP contribution in [-0.2, 0) is 4.79 Å². The third kappa shape index (κ3) is 3.42. The maximum atomic E-state index is 12.4. The number of alkyl halides is 1. The molecule has 5 heteroatoms. The van der Waals surface area contributed by atoms with Crippen LogP contribution in [0.4, 0.5) is 5.69 Å². The zero-order valence-corrected chi connectivity index (χ0v) is 13.2. The van der Waals surface area contributed by atoms with Gasteiger partial charge < -0.3 is 5.32 Å². The van der Waals surface area contributed by atoms with Crippen LogP contribution in [-0.4, -0.2) is 16.1 Å². The molecule has 1 N–H and O–H groups in total. The number of nitrogens with one attached hydrogen (secondary N) is 1. The first-order valence-electron chi connectivity index (χ1n) is 5.68. The molecule has 2 aromatic rings. The zero-order valence-electron chi connectivity index (χ0n) is 10.3. The molecule has 1 heterocycles. The van der Waals surface area contributed by atoms with Crippen molar-refractivity contribution in [2.75, 3.05) is 9.74 Å². The number of benzene rings is 1. The number of rotatable bonds is 4. The molecule has 2 rings (SSSR count). The SMILES string of the molecule is Cc1cc(NC(=O)CI)c(C(=O)c2ccccc2)s1. The number of carbonyl (C=O) groups is 2. The Morgan fingerprint density at radius 2 is 1.95 bits per heavy atom. The topological polar surface area (TPSA) is 46.2 Å². The number of halogens is 1. The molecule has 0 spiro atoms. The number of thiophene rings is 1. The Morgan fingerprint density at radius 1 is 1.26 bits per heavy atom. The number of ketones is 1. The van der Waals surface area contributed by atoms with E-state index in [0.29, 0.717) is 20.6 Å². The predicted octanol–water partition coefficient (Wildman–Crippen LogP) is 3.66. The van der Waals surface area contributed by atoms with E-state index in [1.807, 2.05) is 53.8 Å². The van der Waals surface area contributed by atoms with Gasteiger partial charge in [-0.1, -0.05) is 52.9 Å². The molecule has 0 bridgehead atoms. The van der Waals surface area contributed by atoms with Gasteiger partial charge in [0.15, 0.2) is 0 Å². The van der Waals surface area contributed by atoms with Crippen LogP contribution in [0.5, 0.6) is 0 Å². The van der Waals surface area contributed by atoms with Crippen LogP contribution < -0.4 is 5.32 Å². The summed E-state index contributed by atoms with van der Waals surface area (Å²) < 4.78 is 0.367. The quantitative estimate of drug-likeness (QED) is 0.496. The molecule has 0 aliphatic carbocycles. The van der Waals surface area contributed by atoms with Crippen LogP contribution in [0.3, 0.4) is 0 Å². The van der Waals surface area contributed by atoms with Crippen LogP contribution >= 0.6 is 33.9 Å². The predicted molar refractivity (Wildman–Crippen MR) is 86.4 cm³/mol. The van der Waals surface area contributed by atoms with Gasteiger partial charge in [0.05, 0.1) is 15.0 Å². The lowest BCUT2D eigenvalue weighted by molar-refractivity contribution is -0.113.